The van der Waals surface area contributed by atoms with E-state index in [1.54, 1.807) is 6.07 Å². The van der Waals surface area contributed by atoms with Gasteiger partial charge in [0.15, 0.2) is 0 Å². The van der Waals surface area contributed by atoms with Crippen molar-refractivity contribution in [2.75, 3.05) is 31.9 Å². The Hall–Kier alpha value is -0.820. The van der Waals surface area contributed by atoms with Gasteiger partial charge in [-0.05, 0) is 37.5 Å². The van der Waals surface area contributed by atoms with Gasteiger partial charge in [0, 0.05) is 37.9 Å². The molecule has 0 atom stereocenters. The van der Waals surface area contributed by atoms with E-state index in [0.717, 1.165) is 18.7 Å². The van der Waals surface area contributed by atoms with Crippen LogP contribution in [0, 0.1) is 6.92 Å². The van der Waals surface area contributed by atoms with Crippen molar-refractivity contribution in [1.82, 2.24) is 9.21 Å². The van der Waals surface area contributed by atoms with Crippen LogP contribution in [-0.2, 0) is 10.0 Å². The fourth-order valence-corrected chi connectivity index (χ4v) is 4.77. The fraction of sp³-hybridized carbons (Fsp3) is 0.571. The molecule has 7 heteroatoms. The van der Waals surface area contributed by atoms with Crippen molar-refractivity contribution < 1.29 is 8.42 Å². The molecule has 0 aromatic heterocycles. The van der Waals surface area contributed by atoms with Crippen LogP contribution in [0.3, 0.4) is 0 Å². The highest BCUT2D eigenvalue weighted by molar-refractivity contribution is 7.89. The second-order valence-electron chi connectivity index (χ2n) is 5.81. The third kappa shape index (κ3) is 2.90. The number of nitrogens with zero attached hydrogens (tertiary/aromatic N) is 2. The third-order valence-corrected chi connectivity index (χ3v) is 6.64. The number of rotatable bonds is 3. The predicted molar refractivity (Wildman–Crippen MR) is 84.0 cm³/mol. The summed E-state index contributed by atoms with van der Waals surface area (Å²) >= 11 is 6.12. The zero-order valence-corrected chi connectivity index (χ0v) is 13.6. The topological polar surface area (TPSA) is 66.6 Å². The van der Waals surface area contributed by atoms with Crippen LogP contribution in [0.1, 0.15) is 18.4 Å². The number of aryl methyl sites for hydroxylation is 1. The van der Waals surface area contributed by atoms with Gasteiger partial charge in [-0.2, -0.15) is 4.31 Å². The Bertz CT molecular complexity index is 650. The fourth-order valence-electron chi connectivity index (χ4n) is 2.75. The van der Waals surface area contributed by atoms with Crippen molar-refractivity contribution in [2.45, 2.75) is 30.7 Å². The van der Waals surface area contributed by atoms with Crippen molar-refractivity contribution in [2.24, 2.45) is 0 Å². The Morgan fingerprint density at radius 3 is 2.38 bits per heavy atom. The van der Waals surface area contributed by atoms with Gasteiger partial charge < -0.3 is 5.73 Å². The van der Waals surface area contributed by atoms with E-state index in [4.69, 9.17) is 17.3 Å². The molecule has 1 aromatic carbocycles. The lowest BCUT2D eigenvalue weighted by Gasteiger charge is -2.34. The molecule has 21 heavy (non-hydrogen) atoms. The van der Waals surface area contributed by atoms with Crippen LogP contribution in [0.5, 0.6) is 0 Å². The van der Waals surface area contributed by atoms with Crippen molar-refractivity contribution in [3.05, 3.63) is 22.7 Å². The van der Waals surface area contributed by atoms with Gasteiger partial charge in [-0.3, -0.25) is 4.90 Å². The molecule has 2 fully saturated rings. The number of benzene rings is 1. The first-order chi connectivity index (χ1) is 9.89. The van der Waals surface area contributed by atoms with E-state index in [2.05, 4.69) is 4.90 Å². The quantitative estimate of drug-likeness (QED) is 0.857. The average molecular weight is 330 g/mol. The van der Waals surface area contributed by atoms with Crippen LogP contribution in [0.25, 0.3) is 0 Å². The molecule has 3 rings (SSSR count). The summed E-state index contributed by atoms with van der Waals surface area (Å²) in [6.07, 6.45) is 2.49. The van der Waals surface area contributed by atoms with Gasteiger partial charge >= 0.3 is 0 Å². The minimum atomic E-state index is -3.57. The molecular formula is C14H20ClN3O2S. The summed E-state index contributed by atoms with van der Waals surface area (Å²) in [7, 11) is -3.57. The molecule has 2 aliphatic rings. The Balaban J connectivity index is 1.82. The van der Waals surface area contributed by atoms with E-state index in [-0.39, 0.29) is 9.92 Å². The van der Waals surface area contributed by atoms with E-state index in [1.165, 1.54) is 23.2 Å². The van der Waals surface area contributed by atoms with Crippen molar-refractivity contribution in [3.8, 4) is 0 Å². The lowest BCUT2D eigenvalue weighted by molar-refractivity contribution is 0.180. The molecule has 0 unspecified atom stereocenters. The van der Waals surface area contributed by atoms with Gasteiger partial charge in [-0.1, -0.05) is 11.6 Å². The van der Waals surface area contributed by atoms with Gasteiger partial charge in [-0.25, -0.2) is 8.42 Å². The molecule has 1 aliphatic heterocycles. The number of piperazine rings is 1. The maximum atomic E-state index is 12.7. The number of anilines is 1. The van der Waals surface area contributed by atoms with E-state index in [0.29, 0.717) is 24.8 Å². The second-order valence-corrected chi connectivity index (χ2v) is 8.12. The second kappa shape index (κ2) is 5.43. The standard InChI is InChI=1S/C14H20ClN3O2S/c1-10-8-12(15)14(9-13(10)16)21(19,20)18-6-4-17(5-7-18)11-2-3-11/h8-9,11H,2-7,16H2,1H3. The SMILES string of the molecule is Cc1cc(Cl)c(S(=O)(=O)N2CCN(C3CC3)CC2)cc1N. The minimum Gasteiger partial charge on any atom is -0.398 e. The summed E-state index contributed by atoms with van der Waals surface area (Å²) in [5.74, 6) is 0. The van der Waals surface area contributed by atoms with E-state index in [9.17, 15) is 8.42 Å². The Labute approximate surface area is 130 Å². The number of sulfonamides is 1. The number of halogens is 1. The normalized spacial score (nSPS) is 21.6. The van der Waals surface area contributed by atoms with Gasteiger partial charge in [-0.15, -0.1) is 0 Å². The summed E-state index contributed by atoms with van der Waals surface area (Å²) in [5.41, 5.74) is 7.08. The molecule has 0 bridgehead atoms. The van der Waals surface area contributed by atoms with Gasteiger partial charge in [0.25, 0.3) is 0 Å². The molecule has 1 aromatic rings. The van der Waals surface area contributed by atoms with Crippen molar-refractivity contribution in [3.63, 3.8) is 0 Å². The molecule has 1 heterocycles. The monoisotopic (exact) mass is 329 g/mol. The van der Waals surface area contributed by atoms with Crippen molar-refractivity contribution in [1.29, 1.82) is 0 Å². The van der Waals surface area contributed by atoms with Gasteiger partial charge in [0.2, 0.25) is 10.0 Å². The Kier molecular flexibility index (Phi) is 3.90. The maximum absolute atomic E-state index is 12.7. The molecule has 2 N–H and O–H groups in total. The average Bonchev–Trinajstić information content (AvgIpc) is 3.27. The van der Waals surface area contributed by atoms with E-state index in [1.807, 2.05) is 6.92 Å². The van der Waals surface area contributed by atoms with E-state index >= 15 is 0 Å². The lowest BCUT2D eigenvalue weighted by atomic mass is 10.2. The molecule has 5 nitrogen and oxygen atoms in total. The Morgan fingerprint density at radius 2 is 1.81 bits per heavy atom. The smallest absolute Gasteiger partial charge is 0.244 e. The first kappa shape index (κ1) is 15.1. The number of hydrogen-bond acceptors (Lipinski definition) is 4. The first-order valence-corrected chi connectivity index (χ1v) is 9.01. The van der Waals surface area contributed by atoms with Crippen LogP contribution >= 0.6 is 11.6 Å². The molecule has 0 spiro atoms. The van der Waals surface area contributed by atoms with Crippen LogP contribution in [0.4, 0.5) is 5.69 Å². The number of hydrogen-bond donors (Lipinski definition) is 1. The highest BCUT2D eigenvalue weighted by Crippen LogP contribution is 2.31. The Morgan fingerprint density at radius 1 is 1.19 bits per heavy atom. The molecule has 0 radical (unpaired) electrons. The predicted octanol–water partition coefficient (Wildman–Crippen LogP) is 1.70. The molecule has 116 valence electrons. The zero-order chi connectivity index (χ0) is 15.2. The molecule has 1 saturated carbocycles. The van der Waals surface area contributed by atoms with Gasteiger partial charge in [0.1, 0.15) is 4.90 Å². The highest BCUT2D eigenvalue weighted by atomic mass is 35.5. The van der Waals surface area contributed by atoms with Crippen LogP contribution in [-0.4, -0.2) is 49.8 Å². The molecular weight excluding hydrogens is 310 g/mol. The zero-order valence-electron chi connectivity index (χ0n) is 12.0. The molecule has 1 aliphatic carbocycles. The summed E-state index contributed by atoms with van der Waals surface area (Å²) in [5, 5.41) is 0.242. The largest absolute Gasteiger partial charge is 0.398 e. The van der Waals surface area contributed by atoms with Crippen LogP contribution in [0.15, 0.2) is 17.0 Å². The molecule has 0 amide bonds. The highest BCUT2D eigenvalue weighted by Gasteiger charge is 2.35. The third-order valence-electron chi connectivity index (χ3n) is 4.27. The lowest BCUT2D eigenvalue weighted by Crippen LogP contribution is -2.49. The summed E-state index contributed by atoms with van der Waals surface area (Å²) in [6, 6.07) is 3.76. The van der Waals surface area contributed by atoms with Gasteiger partial charge in [0.05, 0.1) is 5.02 Å². The summed E-state index contributed by atoms with van der Waals surface area (Å²) < 4.78 is 27.0. The number of nitrogen functional groups attached to an aromatic ring is 1. The van der Waals surface area contributed by atoms with Crippen molar-refractivity contribution >= 4 is 27.3 Å². The first-order valence-electron chi connectivity index (χ1n) is 7.19. The van der Waals surface area contributed by atoms with Crippen LogP contribution in [0.2, 0.25) is 5.02 Å². The maximum Gasteiger partial charge on any atom is 0.244 e. The van der Waals surface area contributed by atoms with Crippen LogP contribution < -0.4 is 5.73 Å². The molecule has 1 saturated heterocycles. The van der Waals surface area contributed by atoms with E-state index < -0.39 is 10.0 Å². The summed E-state index contributed by atoms with van der Waals surface area (Å²) in [4.78, 5) is 2.49. The number of nitrogens with two attached hydrogens (primary N) is 1. The minimum absolute atomic E-state index is 0.118. The summed E-state index contributed by atoms with van der Waals surface area (Å²) in [6.45, 7) is 4.43.